The first-order chi connectivity index (χ1) is 10.6. The quantitative estimate of drug-likeness (QED) is 0.732. The van der Waals surface area contributed by atoms with Gasteiger partial charge in [0.15, 0.2) is 0 Å². The fourth-order valence-corrected chi connectivity index (χ4v) is 4.51. The van der Waals surface area contributed by atoms with Gasteiger partial charge in [-0.05, 0) is 75.5 Å². The van der Waals surface area contributed by atoms with E-state index in [2.05, 4.69) is 65.2 Å². The van der Waals surface area contributed by atoms with Gasteiger partial charge in [-0.15, -0.1) is 0 Å². The second-order valence-corrected chi connectivity index (χ2v) is 8.33. The largest absolute Gasteiger partial charge is 0.310 e. The lowest BCUT2D eigenvalue weighted by atomic mass is 9.74. The smallest absolute Gasteiger partial charge is 0.137 e. The number of hydrogen-bond acceptors (Lipinski definition) is 2. The van der Waals surface area contributed by atoms with E-state index in [-0.39, 0.29) is 5.92 Å². The van der Waals surface area contributed by atoms with Gasteiger partial charge in [-0.1, -0.05) is 31.2 Å². The lowest BCUT2D eigenvalue weighted by Crippen LogP contribution is -2.47. The summed E-state index contributed by atoms with van der Waals surface area (Å²) in [6.45, 7) is 4.10. The van der Waals surface area contributed by atoms with Crippen LogP contribution in [0.1, 0.15) is 56.6 Å². The van der Waals surface area contributed by atoms with Crippen LogP contribution in [-0.2, 0) is 4.79 Å². The van der Waals surface area contributed by atoms with Gasteiger partial charge in [-0.2, -0.15) is 0 Å². The molecule has 2 fully saturated rings. The van der Waals surface area contributed by atoms with Crippen LogP contribution in [0.4, 0.5) is 0 Å². The van der Waals surface area contributed by atoms with E-state index in [0.29, 0.717) is 30.2 Å². The normalized spacial score (nSPS) is 31.3. The van der Waals surface area contributed by atoms with Crippen molar-refractivity contribution < 1.29 is 4.79 Å². The number of allylic oxidation sites excluding steroid dienone is 1. The molecule has 118 valence electrons. The highest BCUT2D eigenvalue weighted by Gasteiger charge is 2.44. The summed E-state index contributed by atoms with van der Waals surface area (Å²) >= 11 is 2.34. The average molecular weight is 409 g/mol. The maximum Gasteiger partial charge on any atom is 0.137 e. The van der Waals surface area contributed by atoms with Crippen molar-refractivity contribution >= 4 is 34.5 Å². The predicted octanol–water partition coefficient (Wildman–Crippen LogP) is 4.69. The molecule has 3 heteroatoms. The Labute approximate surface area is 146 Å². The van der Waals surface area contributed by atoms with Crippen LogP contribution in [0.3, 0.4) is 0 Å². The molecular formula is C19H24INO. The van der Waals surface area contributed by atoms with E-state index in [9.17, 15) is 4.79 Å². The Balaban J connectivity index is 1.87. The molecule has 0 spiro atoms. The topological polar surface area (TPSA) is 29.1 Å². The van der Waals surface area contributed by atoms with Gasteiger partial charge in [0.1, 0.15) is 5.78 Å². The maximum atomic E-state index is 12.5. The molecule has 2 nitrogen and oxygen atoms in total. The summed E-state index contributed by atoms with van der Waals surface area (Å²) < 4.78 is 1.28. The minimum Gasteiger partial charge on any atom is -0.310 e. The van der Waals surface area contributed by atoms with Crippen molar-refractivity contribution in [2.75, 3.05) is 0 Å². The van der Waals surface area contributed by atoms with E-state index < -0.39 is 0 Å². The zero-order valence-corrected chi connectivity index (χ0v) is 15.5. The highest BCUT2D eigenvalue weighted by Crippen LogP contribution is 2.42. The molecule has 2 saturated heterocycles. The summed E-state index contributed by atoms with van der Waals surface area (Å²) in [7, 11) is 0. The molecule has 4 atom stereocenters. The summed E-state index contributed by atoms with van der Waals surface area (Å²) in [5, 5.41) is 3.66. The molecule has 0 aromatic heterocycles. The number of carbonyl (C=O) groups excluding carboxylic acids is 1. The Morgan fingerprint density at radius 3 is 2.68 bits per heavy atom. The minimum absolute atomic E-state index is 0.163. The highest BCUT2D eigenvalue weighted by atomic mass is 127. The molecule has 2 aliphatic heterocycles. The van der Waals surface area contributed by atoms with Crippen LogP contribution in [0.2, 0.25) is 0 Å². The number of ketones is 1. The van der Waals surface area contributed by atoms with Gasteiger partial charge < -0.3 is 5.32 Å². The third kappa shape index (κ3) is 3.30. The van der Waals surface area contributed by atoms with Gasteiger partial charge in [0.05, 0.1) is 0 Å². The molecule has 1 aromatic carbocycles. The Morgan fingerprint density at radius 2 is 2.05 bits per heavy atom. The van der Waals surface area contributed by atoms with Crippen molar-refractivity contribution in [3.63, 3.8) is 0 Å². The number of rotatable bonds is 4. The van der Waals surface area contributed by atoms with Crippen molar-refractivity contribution in [3.8, 4) is 0 Å². The number of halogens is 1. The number of Topliss-reactive ketones (excluding diaryl/α,β-unsaturated/α-hetero) is 1. The second kappa shape index (κ2) is 6.83. The molecule has 1 N–H and O–H groups in total. The van der Waals surface area contributed by atoms with E-state index in [1.54, 1.807) is 0 Å². The first kappa shape index (κ1) is 16.2. The molecule has 3 rings (SSSR count). The Hall–Kier alpha value is -0.680. The van der Waals surface area contributed by atoms with Crippen LogP contribution in [0, 0.1) is 5.92 Å². The van der Waals surface area contributed by atoms with E-state index in [0.717, 1.165) is 12.8 Å². The lowest BCUT2D eigenvalue weighted by Gasteiger charge is -2.37. The van der Waals surface area contributed by atoms with Crippen molar-refractivity contribution in [1.29, 1.82) is 0 Å². The van der Waals surface area contributed by atoms with Gasteiger partial charge in [-0.3, -0.25) is 4.79 Å². The van der Waals surface area contributed by atoms with Gasteiger partial charge >= 0.3 is 0 Å². The van der Waals surface area contributed by atoms with Crippen LogP contribution in [0.15, 0.2) is 27.8 Å². The third-order valence-corrected chi connectivity index (χ3v) is 5.44. The zero-order valence-electron chi connectivity index (χ0n) is 13.3. The number of carbonyl (C=O) groups is 1. The first-order valence-corrected chi connectivity index (χ1v) is 9.39. The monoisotopic (exact) mass is 409 g/mol. The minimum atomic E-state index is 0.163. The molecule has 22 heavy (non-hydrogen) atoms. The summed E-state index contributed by atoms with van der Waals surface area (Å²) in [6.07, 6.45) is 6.33. The predicted molar refractivity (Wildman–Crippen MR) is 100 cm³/mol. The van der Waals surface area contributed by atoms with Crippen LogP contribution in [-0.4, -0.2) is 17.9 Å². The van der Waals surface area contributed by atoms with Crippen LogP contribution < -0.4 is 5.32 Å². The van der Waals surface area contributed by atoms with Gasteiger partial charge in [-0.25, -0.2) is 0 Å². The lowest BCUT2D eigenvalue weighted by molar-refractivity contribution is -0.124. The number of piperidine rings is 1. The first-order valence-electron chi connectivity index (χ1n) is 8.31. The summed E-state index contributed by atoms with van der Waals surface area (Å²) in [4.78, 5) is 12.5. The van der Waals surface area contributed by atoms with Crippen molar-refractivity contribution in [2.24, 2.45) is 5.92 Å². The zero-order chi connectivity index (χ0) is 15.7. The Morgan fingerprint density at radius 1 is 1.32 bits per heavy atom. The SMILES string of the molecule is CCC(=O)[C@H]1[C@@H](c2ccc(/C=C(/C)I)cc2)C[C@@H]2CC[C@H]1N2. The maximum absolute atomic E-state index is 12.5. The van der Waals surface area contributed by atoms with Crippen molar-refractivity contribution in [1.82, 2.24) is 5.32 Å². The van der Waals surface area contributed by atoms with Crippen LogP contribution in [0.25, 0.3) is 6.08 Å². The molecule has 2 heterocycles. The van der Waals surface area contributed by atoms with E-state index in [1.165, 1.54) is 21.1 Å². The third-order valence-electron chi connectivity index (χ3n) is 5.13. The van der Waals surface area contributed by atoms with Gasteiger partial charge in [0.25, 0.3) is 0 Å². The number of hydrogen-bond donors (Lipinski definition) is 1. The van der Waals surface area contributed by atoms with E-state index >= 15 is 0 Å². The van der Waals surface area contributed by atoms with E-state index in [4.69, 9.17) is 0 Å². The average Bonchev–Trinajstić information content (AvgIpc) is 2.88. The molecule has 0 radical (unpaired) electrons. The fourth-order valence-electron chi connectivity index (χ4n) is 4.15. The Kier molecular flexibility index (Phi) is 5.03. The van der Waals surface area contributed by atoms with Crippen LogP contribution in [0.5, 0.6) is 0 Å². The second-order valence-electron chi connectivity index (χ2n) is 6.63. The van der Waals surface area contributed by atoms with E-state index in [1.807, 2.05) is 6.92 Å². The number of nitrogens with one attached hydrogen (secondary N) is 1. The summed E-state index contributed by atoms with van der Waals surface area (Å²) in [5.41, 5.74) is 2.58. The fraction of sp³-hybridized carbons (Fsp3) is 0.526. The molecule has 2 bridgehead atoms. The molecule has 2 aliphatic rings. The summed E-state index contributed by atoms with van der Waals surface area (Å²) in [5.74, 6) is 0.983. The molecular weight excluding hydrogens is 385 g/mol. The molecule has 0 aliphatic carbocycles. The summed E-state index contributed by atoms with van der Waals surface area (Å²) in [6, 6.07) is 9.84. The molecule has 0 unspecified atom stereocenters. The Bertz CT molecular complexity index is 574. The van der Waals surface area contributed by atoms with Gasteiger partial charge in [0.2, 0.25) is 0 Å². The van der Waals surface area contributed by atoms with Crippen molar-refractivity contribution in [2.45, 2.75) is 57.5 Å². The molecule has 1 aromatic rings. The van der Waals surface area contributed by atoms with Crippen LogP contribution >= 0.6 is 22.6 Å². The van der Waals surface area contributed by atoms with Crippen molar-refractivity contribution in [3.05, 3.63) is 39.0 Å². The molecule has 0 saturated carbocycles. The molecule has 0 amide bonds. The van der Waals surface area contributed by atoms with Gasteiger partial charge in [0, 0.05) is 24.4 Å². The number of benzene rings is 1. The highest BCUT2D eigenvalue weighted by molar-refractivity contribution is 14.1. The number of fused-ring (bicyclic) bond motifs is 2. The standard InChI is InChI=1S/C19H24INO/c1-3-18(22)19-16(11-15-8-9-17(19)21-15)14-6-4-13(5-7-14)10-12(2)20/h4-7,10,15-17,19,21H,3,8-9,11H2,1-2H3/b12-10-/t15-,16+,17+,19-/m0/s1.